The van der Waals surface area contributed by atoms with E-state index in [0.29, 0.717) is 0 Å². The first-order valence-corrected chi connectivity index (χ1v) is 8.58. The molecular formula is C15H22BrClN2. The van der Waals surface area contributed by atoms with Crippen LogP contribution in [0.4, 0.5) is 5.69 Å². The highest BCUT2D eigenvalue weighted by Gasteiger charge is 2.16. The molecule has 0 saturated carbocycles. The van der Waals surface area contributed by atoms with Gasteiger partial charge in [-0.05, 0) is 43.7 Å². The van der Waals surface area contributed by atoms with Gasteiger partial charge in [0, 0.05) is 42.2 Å². The predicted molar refractivity (Wildman–Crippen MR) is 87.8 cm³/mol. The van der Waals surface area contributed by atoms with Gasteiger partial charge in [-0.3, -0.25) is 4.90 Å². The summed E-state index contributed by atoms with van der Waals surface area (Å²) in [6.07, 6.45) is 3.96. The first kappa shape index (κ1) is 15.1. The van der Waals surface area contributed by atoms with Crippen molar-refractivity contribution in [1.82, 2.24) is 4.90 Å². The minimum atomic E-state index is 0.814. The number of benzene rings is 1. The quantitative estimate of drug-likeness (QED) is 0.567. The molecule has 0 atom stereocenters. The Balaban J connectivity index is 1.71. The van der Waals surface area contributed by atoms with E-state index in [0.717, 1.165) is 23.4 Å². The van der Waals surface area contributed by atoms with Crippen LogP contribution in [-0.4, -0.2) is 43.0 Å². The molecule has 0 radical (unpaired) electrons. The third-order valence-electron chi connectivity index (χ3n) is 3.67. The van der Waals surface area contributed by atoms with Crippen LogP contribution in [0, 0.1) is 0 Å². The topological polar surface area (TPSA) is 6.48 Å². The van der Waals surface area contributed by atoms with Crippen LogP contribution in [0.5, 0.6) is 0 Å². The average molecular weight is 346 g/mol. The van der Waals surface area contributed by atoms with Gasteiger partial charge >= 0.3 is 0 Å². The molecule has 0 spiro atoms. The maximum atomic E-state index is 5.93. The Hall–Kier alpha value is -0.250. The van der Waals surface area contributed by atoms with Crippen LogP contribution in [0.2, 0.25) is 5.02 Å². The van der Waals surface area contributed by atoms with Crippen LogP contribution >= 0.6 is 27.5 Å². The van der Waals surface area contributed by atoms with Gasteiger partial charge in [-0.15, -0.1) is 0 Å². The van der Waals surface area contributed by atoms with Crippen molar-refractivity contribution in [2.45, 2.75) is 19.3 Å². The minimum absolute atomic E-state index is 0.814. The second-order valence-corrected chi connectivity index (χ2v) is 6.28. The van der Waals surface area contributed by atoms with E-state index < -0.39 is 0 Å². The maximum Gasteiger partial charge on any atom is 0.0407 e. The molecule has 0 unspecified atom stereocenters. The third kappa shape index (κ3) is 4.97. The summed E-state index contributed by atoms with van der Waals surface area (Å²) < 4.78 is 0. The maximum absolute atomic E-state index is 5.93. The monoisotopic (exact) mass is 344 g/mol. The normalized spacial score (nSPS) is 16.8. The van der Waals surface area contributed by atoms with Crippen LogP contribution in [0.25, 0.3) is 0 Å². The first-order chi connectivity index (χ1) is 9.29. The fourth-order valence-electron chi connectivity index (χ4n) is 2.49. The van der Waals surface area contributed by atoms with E-state index in [1.807, 2.05) is 12.1 Å². The zero-order chi connectivity index (χ0) is 13.5. The lowest BCUT2D eigenvalue weighted by Gasteiger charge is -2.36. The highest BCUT2D eigenvalue weighted by atomic mass is 79.9. The zero-order valence-electron chi connectivity index (χ0n) is 11.3. The number of unbranched alkanes of at least 4 members (excludes halogenated alkanes) is 2. The highest BCUT2D eigenvalue weighted by molar-refractivity contribution is 9.09. The highest BCUT2D eigenvalue weighted by Crippen LogP contribution is 2.19. The second-order valence-electron chi connectivity index (χ2n) is 5.05. The van der Waals surface area contributed by atoms with E-state index >= 15 is 0 Å². The summed E-state index contributed by atoms with van der Waals surface area (Å²) in [5.74, 6) is 0. The summed E-state index contributed by atoms with van der Waals surface area (Å²) >= 11 is 9.41. The lowest BCUT2D eigenvalue weighted by atomic mass is 10.2. The van der Waals surface area contributed by atoms with Gasteiger partial charge in [-0.2, -0.15) is 0 Å². The summed E-state index contributed by atoms with van der Waals surface area (Å²) in [7, 11) is 0. The predicted octanol–water partition coefficient (Wildman–Crippen LogP) is 4.03. The van der Waals surface area contributed by atoms with Crippen molar-refractivity contribution in [3.8, 4) is 0 Å². The summed E-state index contributed by atoms with van der Waals surface area (Å²) in [5, 5.41) is 1.95. The van der Waals surface area contributed by atoms with Gasteiger partial charge in [0.05, 0.1) is 0 Å². The van der Waals surface area contributed by atoms with Crippen molar-refractivity contribution >= 4 is 33.2 Å². The molecule has 1 heterocycles. The van der Waals surface area contributed by atoms with Gasteiger partial charge in [-0.1, -0.05) is 34.0 Å². The first-order valence-electron chi connectivity index (χ1n) is 7.08. The number of alkyl halides is 1. The van der Waals surface area contributed by atoms with E-state index in [4.69, 9.17) is 11.6 Å². The molecule has 1 saturated heterocycles. The average Bonchev–Trinajstić information content (AvgIpc) is 2.45. The largest absolute Gasteiger partial charge is 0.369 e. The van der Waals surface area contributed by atoms with Crippen molar-refractivity contribution in [2.24, 2.45) is 0 Å². The smallest absolute Gasteiger partial charge is 0.0407 e. The molecule has 1 aliphatic heterocycles. The molecule has 0 aromatic heterocycles. The molecule has 2 nitrogen and oxygen atoms in total. The van der Waals surface area contributed by atoms with E-state index in [9.17, 15) is 0 Å². The lowest BCUT2D eigenvalue weighted by molar-refractivity contribution is 0.253. The number of rotatable bonds is 6. The molecule has 19 heavy (non-hydrogen) atoms. The molecule has 2 rings (SSSR count). The standard InChI is InChI=1S/C15H22BrClN2/c16-8-2-1-3-9-18-10-12-19(13-11-18)15-6-4-14(17)5-7-15/h4-7H,1-3,8-13H2. The zero-order valence-corrected chi connectivity index (χ0v) is 13.7. The lowest BCUT2D eigenvalue weighted by Crippen LogP contribution is -2.46. The Morgan fingerprint density at radius 2 is 1.63 bits per heavy atom. The Morgan fingerprint density at radius 1 is 0.947 bits per heavy atom. The van der Waals surface area contributed by atoms with Crippen molar-refractivity contribution in [1.29, 1.82) is 0 Å². The molecule has 0 aliphatic carbocycles. The number of hydrogen-bond donors (Lipinski definition) is 0. The Labute approximate surface area is 129 Å². The number of piperazine rings is 1. The molecule has 0 bridgehead atoms. The number of anilines is 1. The van der Waals surface area contributed by atoms with Gasteiger partial charge in [0.1, 0.15) is 0 Å². The number of halogens is 2. The van der Waals surface area contributed by atoms with E-state index in [1.165, 1.54) is 44.6 Å². The molecule has 1 aromatic rings. The number of hydrogen-bond acceptors (Lipinski definition) is 2. The van der Waals surface area contributed by atoms with Gasteiger partial charge in [-0.25, -0.2) is 0 Å². The summed E-state index contributed by atoms with van der Waals surface area (Å²) in [6, 6.07) is 8.19. The minimum Gasteiger partial charge on any atom is -0.369 e. The van der Waals surface area contributed by atoms with Crippen LogP contribution in [0.3, 0.4) is 0 Å². The third-order valence-corrected chi connectivity index (χ3v) is 4.48. The summed E-state index contributed by atoms with van der Waals surface area (Å²) in [6.45, 7) is 5.86. The Morgan fingerprint density at radius 3 is 2.26 bits per heavy atom. The molecule has 0 N–H and O–H groups in total. The Bertz CT molecular complexity index is 361. The second kappa shape index (κ2) is 8.13. The van der Waals surface area contributed by atoms with Crippen molar-refractivity contribution < 1.29 is 0 Å². The molecule has 4 heteroatoms. The molecule has 1 aromatic carbocycles. The van der Waals surface area contributed by atoms with Crippen LogP contribution in [-0.2, 0) is 0 Å². The summed E-state index contributed by atoms with van der Waals surface area (Å²) in [4.78, 5) is 5.03. The SMILES string of the molecule is Clc1ccc(N2CCN(CCCCCBr)CC2)cc1. The van der Waals surface area contributed by atoms with Crippen LogP contribution in [0.1, 0.15) is 19.3 Å². The number of nitrogens with zero attached hydrogens (tertiary/aromatic N) is 2. The fraction of sp³-hybridized carbons (Fsp3) is 0.600. The van der Waals surface area contributed by atoms with Crippen LogP contribution < -0.4 is 4.90 Å². The van der Waals surface area contributed by atoms with Gasteiger partial charge < -0.3 is 4.90 Å². The van der Waals surface area contributed by atoms with Gasteiger partial charge in [0.2, 0.25) is 0 Å². The van der Waals surface area contributed by atoms with Gasteiger partial charge in [0.15, 0.2) is 0 Å². The van der Waals surface area contributed by atoms with Crippen molar-refractivity contribution in [3.05, 3.63) is 29.3 Å². The molecule has 1 fully saturated rings. The van der Waals surface area contributed by atoms with Crippen molar-refractivity contribution in [3.63, 3.8) is 0 Å². The van der Waals surface area contributed by atoms with Crippen molar-refractivity contribution in [2.75, 3.05) is 43.0 Å². The summed E-state index contributed by atoms with van der Waals surface area (Å²) in [5.41, 5.74) is 1.29. The fourth-order valence-corrected chi connectivity index (χ4v) is 3.01. The Kier molecular flexibility index (Phi) is 6.48. The molecule has 0 amide bonds. The molecule has 106 valence electrons. The molecule has 1 aliphatic rings. The van der Waals surface area contributed by atoms with E-state index in [-0.39, 0.29) is 0 Å². The van der Waals surface area contributed by atoms with E-state index in [2.05, 4.69) is 37.9 Å². The van der Waals surface area contributed by atoms with Gasteiger partial charge in [0.25, 0.3) is 0 Å². The van der Waals surface area contributed by atoms with Crippen LogP contribution in [0.15, 0.2) is 24.3 Å². The molecular weight excluding hydrogens is 324 g/mol. The van der Waals surface area contributed by atoms with E-state index in [1.54, 1.807) is 0 Å².